The molecule has 1 aromatic heterocycles. The molecule has 0 saturated heterocycles. The smallest absolute Gasteiger partial charge is 0.305 e. The van der Waals surface area contributed by atoms with Gasteiger partial charge in [-0.05, 0) is 53.7 Å². The van der Waals surface area contributed by atoms with Gasteiger partial charge in [-0.15, -0.1) is 11.3 Å². The Morgan fingerprint density at radius 2 is 2.00 bits per heavy atom. The molecule has 0 aliphatic carbocycles. The summed E-state index contributed by atoms with van der Waals surface area (Å²) in [6.07, 6.45) is 5.50. The van der Waals surface area contributed by atoms with Gasteiger partial charge >= 0.3 is 5.97 Å². The number of amides is 1. The van der Waals surface area contributed by atoms with Crippen molar-refractivity contribution in [2.45, 2.75) is 44.9 Å². The lowest BCUT2D eigenvalue weighted by atomic mass is 10.2. The summed E-state index contributed by atoms with van der Waals surface area (Å²) in [5, 5.41) is 2.92. The Morgan fingerprint density at radius 3 is 2.67 bits per heavy atom. The number of hydrogen-bond acceptors (Lipinski definition) is 4. The van der Waals surface area contributed by atoms with E-state index in [1.54, 1.807) is 11.3 Å². The quantitative estimate of drug-likeness (QED) is 0.501. The Morgan fingerprint density at radius 1 is 1.19 bits per heavy atom. The third-order valence-corrected chi connectivity index (χ3v) is 4.75. The van der Waals surface area contributed by atoms with Crippen LogP contribution in [-0.2, 0) is 20.7 Å². The zero-order valence-corrected chi connectivity index (χ0v) is 14.7. The molecule has 0 aliphatic rings. The molecule has 0 fully saturated rings. The van der Waals surface area contributed by atoms with E-state index in [0.717, 1.165) is 35.9 Å². The molecule has 1 rings (SSSR count). The van der Waals surface area contributed by atoms with Crippen LogP contribution in [0.2, 0.25) is 0 Å². The number of methoxy groups -OCH3 is 1. The monoisotopic (exact) mass is 375 g/mol. The normalized spacial score (nSPS) is 10.4. The Bertz CT molecular complexity index is 448. The van der Waals surface area contributed by atoms with Crippen molar-refractivity contribution in [1.29, 1.82) is 0 Å². The van der Waals surface area contributed by atoms with Gasteiger partial charge in [0.15, 0.2) is 0 Å². The standard InChI is InChI=1S/C15H22BrNO3S/c1-20-15(19)8-3-2-4-11-17-14(18)7-5-6-12-9-10-13(16)21-12/h9-10H,2-8,11H2,1H3,(H,17,18). The van der Waals surface area contributed by atoms with Crippen LogP contribution in [0.1, 0.15) is 43.4 Å². The van der Waals surface area contributed by atoms with E-state index in [9.17, 15) is 9.59 Å². The second kappa shape index (κ2) is 10.8. The molecule has 1 aromatic rings. The number of nitrogens with one attached hydrogen (secondary N) is 1. The summed E-state index contributed by atoms with van der Waals surface area (Å²) in [5.41, 5.74) is 0. The van der Waals surface area contributed by atoms with Crippen molar-refractivity contribution in [3.05, 3.63) is 20.8 Å². The van der Waals surface area contributed by atoms with E-state index in [2.05, 4.69) is 32.0 Å². The lowest BCUT2D eigenvalue weighted by Gasteiger charge is -2.05. The van der Waals surface area contributed by atoms with E-state index in [1.165, 1.54) is 12.0 Å². The molecule has 1 amide bonds. The predicted octanol–water partition coefficient (Wildman–Crippen LogP) is 3.68. The van der Waals surface area contributed by atoms with Crippen molar-refractivity contribution in [1.82, 2.24) is 5.32 Å². The lowest BCUT2D eigenvalue weighted by Crippen LogP contribution is -2.24. The summed E-state index contributed by atoms with van der Waals surface area (Å²) in [7, 11) is 1.40. The minimum absolute atomic E-state index is 0.110. The van der Waals surface area contributed by atoms with E-state index >= 15 is 0 Å². The topological polar surface area (TPSA) is 55.4 Å². The van der Waals surface area contributed by atoms with Gasteiger partial charge in [0.05, 0.1) is 10.9 Å². The highest BCUT2D eigenvalue weighted by molar-refractivity contribution is 9.11. The summed E-state index contributed by atoms with van der Waals surface area (Å²) in [4.78, 5) is 23.8. The van der Waals surface area contributed by atoms with E-state index in [4.69, 9.17) is 0 Å². The number of carbonyl (C=O) groups excluding carboxylic acids is 2. The van der Waals surface area contributed by atoms with Crippen molar-refractivity contribution >= 4 is 39.1 Å². The number of esters is 1. The fraction of sp³-hybridized carbons (Fsp3) is 0.600. The lowest BCUT2D eigenvalue weighted by molar-refractivity contribution is -0.140. The first-order valence-corrected chi connectivity index (χ1v) is 8.80. The molecular formula is C15H22BrNO3S. The highest BCUT2D eigenvalue weighted by Crippen LogP contribution is 2.23. The molecule has 1 heterocycles. The minimum Gasteiger partial charge on any atom is -0.469 e. The van der Waals surface area contributed by atoms with Crippen LogP contribution < -0.4 is 5.32 Å². The van der Waals surface area contributed by atoms with Gasteiger partial charge in [-0.3, -0.25) is 9.59 Å². The number of unbranched alkanes of at least 4 members (excludes halogenated alkanes) is 2. The summed E-state index contributed by atoms with van der Waals surface area (Å²) in [5.74, 6) is -0.0576. The number of carbonyl (C=O) groups is 2. The summed E-state index contributed by atoms with van der Waals surface area (Å²) >= 11 is 5.15. The number of halogens is 1. The highest BCUT2D eigenvalue weighted by Gasteiger charge is 2.03. The zero-order valence-electron chi connectivity index (χ0n) is 12.3. The average molecular weight is 376 g/mol. The predicted molar refractivity (Wildman–Crippen MR) is 88.5 cm³/mol. The molecule has 0 radical (unpaired) electrons. The van der Waals surface area contributed by atoms with Crippen LogP contribution in [0.25, 0.3) is 0 Å². The Labute approximate surface area is 138 Å². The van der Waals surface area contributed by atoms with E-state index in [0.29, 0.717) is 19.4 Å². The highest BCUT2D eigenvalue weighted by atomic mass is 79.9. The Kier molecular flexibility index (Phi) is 9.34. The maximum atomic E-state index is 11.6. The van der Waals surface area contributed by atoms with Gasteiger partial charge in [0, 0.05) is 24.3 Å². The average Bonchev–Trinajstić information content (AvgIpc) is 2.88. The Balaban J connectivity index is 1.95. The first-order chi connectivity index (χ1) is 10.1. The molecule has 0 bridgehead atoms. The van der Waals surface area contributed by atoms with Crippen molar-refractivity contribution in [2.24, 2.45) is 0 Å². The molecule has 0 spiro atoms. The van der Waals surface area contributed by atoms with Gasteiger partial charge in [-0.1, -0.05) is 6.42 Å². The van der Waals surface area contributed by atoms with Crippen molar-refractivity contribution in [3.63, 3.8) is 0 Å². The van der Waals surface area contributed by atoms with Crippen LogP contribution in [0.3, 0.4) is 0 Å². The van der Waals surface area contributed by atoms with Crippen LogP contribution in [0.4, 0.5) is 0 Å². The first kappa shape index (κ1) is 18.2. The van der Waals surface area contributed by atoms with E-state index in [-0.39, 0.29) is 11.9 Å². The minimum atomic E-state index is -0.167. The van der Waals surface area contributed by atoms with Crippen LogP contribution in [-0.4, -0.2) is 25.5 Å². The summed E-state index contributed by atoms with van der Waals surface area (Å²) < 4.78 is 5.70. The van der Waals surface area contributed by atoms with Gasteiger partial charge in [0.25, 0.3) is 0 Å². The third-order valence-electron chi connectivity index (χ3n) is 3.06. The number of aryl methyl sites for hydroxylation is 1. The molecule has 1 N–H and O–H groups in total. The number of thiophene rings is 1. The van der Waals surface area contributed by atoms with Crippen LogP contribution in [0, 0.1) is 0 Å². The first-order valence-electron chi connectivity index (χ1n) is 7.19. The molecule has 118 valence electrons. The van der Waals surface area contributed by atoms with Crippen molar-refractivity contribution < 1.29 is 14.3 Å². The number of rotatable bonds is 10. The fourth-order valence-electron chi connectivity index (χ4n) is 1.90. The second-order valence-electron chi connectivity index (χ2n) is 4.80. The summed E-state index contributed by atoms with van der Waals surface area (Å²) in [6.45, 7) is 0.685. The molecule has 4 nitrogen and oxygen atoms in total. The maximum absolute atomic E-state index is 11.6. The molecular weight excluding hydrogens is 354 g/mol. The molecule has 0 aliphatic heterocycles. The molecule has 0 unspecified atom stereocenters. The molecule has 0 aromatic carbocycles. The van der Waals surface area contributed by atoms with Gasteiger partial charge in [0.2, 0.25) is 5.91 Å². The maximum Gasteiger partial charge on any atom is 0.305 e. The zero-order chi connectivity index (χ0) is 15.5. The van der Waals surface area contributed by atoms with Crippen LogP contribution >= 0.6 is 27.3 Å². The Hall–Kier alpha value is -0.880. The molecule has 6 heteroatoms. The number of hydrogen-bond donors (Lipinski definition) is 1. The largest absolute Gasteiger partial charge is 0.469 e. The van der Waals surface area contributed by atoms with E-state index in [1.807, 2.05) is 6.07 Å². The van der Waals surface area contributed by atoms with Gasteiger partial charge < -0.3 is 10.1 Å². The fourth-order valence-corrected chi connectivity index (χ4v) is 3.42. The van der Waals surface area contributed by atoms with Crippen LogP contribution in [0.15, 0.2) is 15.9 Å². The van der Waals surface area contributed by atoms with Gasteiger partial charge in [0.1, 0.15) is 0 Å². The molecule has 0 saturated carbocycles. The summed E-state index contributed by atoms with van der Waals surface area (Å²) in [6, 6.07) is 4.13. The van der Waals surface area contributed by atoms with Crippen molar-refractivity contribution in [3.8, 4) is 0 Å². The van der Waals surface area contributed by atoms with Gasteiger partial charge in [-0.2, -0.15) is 0 Å². The third kappa shape index (κ3) is 8.88. The number of ether oxygens (including phenoxy) is 1. The second-order valence-corrected chi connectivity index (χ2v) is 7.34. The van der Waals surface area contributed by atoms with Crippen LogP contribution in [0.5, 0.6) is 0 Å². The SMILES string of the molecule is COC(=O)CCCCCNC(=O)CCCc1ccc(Br)s1. The molecule has 21 heavy (non-hydrogen) atoms. The molecule has 0 atom stereocenters. The van der Waals surface area contributed by atoms with Gasteiger partial charge in [-0.25, -0.2) is 0 Å². The van der Waals surface area contributed by atoms with Crippen molar-refractivity contribution in [2.75, 3.05) is 13.7 Å². The van der Waals surface area contributed by atoms with E-state index < -0.39 is 0 Å².